The largest absolute Gasteiger partial charge is 0.453 e. The number of rotatable bonds is 3. The Labute approximate surface area is 98.6 Å². The quantitative estimate of drug-likeness (QED) is 0.587. The Morgan fingerprint density at radius 3 is 2.35 bits per heavy atom. The van der Waals surface area contributed by atoms with Crippen molar-refractivity contribution in [3.05, 3.63) is 35.4 Å². The summed E-state index contributed by atoms with van der Waals surface area (Å²) < 4.78 is 5.14. The second-order valence-corrected chi connectivity index (χ2v) is 4.11. The van der Waals surface area contributed by atoms with E-state index in [4.69, 9.17) is 4.74 Å². The maximum atomic E-state index is 11.6. The first kappa shape index (κ1) is 11.5. The SMILES string of the molecule is CC(=O)C(C(C)=O)C1OC(=O)c2ccccc21. The minimum absolute atomic E-state index is 0.285. The molecular formula is C13H12O4. The summed E-state index contributed by atoms with van der Waals surface area (Å²) in [4.78, 5) is 34.5. The lowest BCUT2D eigenvalue weighted by Gasteiger charge is -2.17. The molecule has 0 N–H and O–H groups in total. The maximum Gasteiger partial charge on any atom is 0.339 e. The molecule has 1 aromatic carbocycles. The van der Waals surface area contributed by atoms with E-state index in [-0.39, 0.29) is 11.6 Å². The Morgan fingerprint density at radius 2 is 1.76 bits per heavy atom. The van der Waals surface area contributed by atoms with Crippen LogP contribution in [0.3, 0.4) is 0 Å². The number of carbonyl (C=O) groups excluding carboxylic acids is 3. The van der Waals surface area contributed by atoms with Gasteiger partial charge in [-0.3, -0.25) is 9.59 Å². The first-order chi connectivity index (χ1) is 8.02. The Hall–Kier alpha value is -1.97. The van der Waals surface area contributed by atoms with Crippen molar-refractivity contribution < 1.29 is 19.1 Å². The number of ketones is 2. The van der Waals surface area contributed by atoms with Gasteiger partial charge >= 0.3 is 5.97 Å². The van der Waals surface area contributed by atoms with Crippen molar-refractivity contribution in [2.45, 2.75) is 20.0 Å². The molecule has 0 radical (unpaired) electrons. The summed E-state index contributed by atoms with van der Waals surface area (Å²) in [6.45, 7) is 2.67. The molecule has 1 heterocycles. The third-order valence-electron chi connectivity index (χ3n) is 2.90. The number of Topliss-reactive ketones (excluding diaryl/α,β-unsaturated/α-hetero) is 2. The molecular weight excluding hydrogens is 220 g/mol. The van der Waals surface area contributed by atoms with E-state index in [0.29, 0.717) is 11.1 Å². The molecule has 2 rings (SSSR count). The van der Waals surface area contributed by atoms with Crippen molar-refractivity contribution in [2.24, 2.45) is 5.92 Å². The molecule has 0 fully saturated rings. The van der Waals surface area contributed by atoms with Crippen molar-refractivity contribution in [2.75, 3.05) is 0 Å². The number of carbonyl (C=O) groups is 3. The molecule has 0 spiro atoms. The summed E-state index contributed by atoms with van der Waals surface area (Å²) in [6.07, 6.45) is -0.770. The summed E-state index contributed by atoms with van der Waals surface area (Å²) >= 11 is 0. The van der Waals surface area contributed by atoms with E-state index in [2.05, 4.69) is 0 Å². The van der Waals surface area contributed by atoms with E-state index >= 15 is 0 Å². The monoisotopic (exact) mass is 232 g/mol. The van der Waals surface area contributed by atoms with Crippen molar-refractivity contribution in [3.8, 4) is 0 Å². The normalized spacial score (nSPS) is 17.8. The number of cyclic esters (lactones) is 1. The van der Waals surface area contributed by atoms with Crippen molar-refractivity contribution in [3.63, 3.8) is 0 Å². The highest BCUT2D eigenvalue weighted by molar-refractivity contribution is 6.03. The van der Waals surface area contributed by atoms with Gasteiger partial charge in [0.1, 0.15) is 23.6 Å². The van der Waals surface area contributed by atoms with Crippen LogP contribution in [0, 0.1) is 5.92 Å². The average molecular weight is 232 g/mol. The van der Waals surface area contributed by atoms with Gasteiger partial charge < -0.3 is 4.74 Å². The molecule has 4 nitrogen and oxygen atoms in total. The summed E-state index contributed by atoms with van der Waals surface area (Å²) in [5, 5.41) is 0. The molecule has 0 aromatic heterocycles. The van der Waals surface area contributed by atoms with Gasteiger partial charge in [-0.2, -0.15) is 0 Å². The van der Waals surface area contributed by atoms with Crippen molar-refractivity contribution in [1.82, 2.24) is 0 Å². The van der Waals surface area contributed by atoms with Crippen LogP contribution in [0.4, 0.5) is 0 Å². The summed E-state index contributed by atoms with van der Waals surface area (Å²) in [5.74, 6) is -1.94. The summed E-state index contributed by atoms with van der Waals surface area (Å²) in [7, 11) is 0. The Bertz CT molecular complexity index is 490. The van der Waals surface area contributed by atoms with Crippen LogP contribution in [0.25, 0.3) is 0 Å². The summed E-state index contributed by atoms with van der Waals surface area (Å²) in [5.41, 5.74) is 1.05. The molecule has 1 aromatic rings. The zero-order chi connectivity index (χ0) is 12.6. The van der Waals surface area contributed by atoms with Gasteiger partial charge in [0.05, 0.1) is 5.56 Å². The second-order valence-electron chi connectivity index (χ2n) is 4.11. The number of ether oxygens (including phenoxy) is 1. The van der Waals surface area contributed by atoms with Crippen LogP contribution in [0.2, 0.25) is 0 Å². The lowest BCUT2D eigenvalue weighted by molar-refractivity contribution is -0.134. The first-order valence-electron chi connectivity index (χ1n) is 5.33. The van der Waals surface area contributed by atoms with Gasteiger partial charge in [0.15, 0.2) is 0 Å². The molecule has 1 atom stereocenters. The standard InChI is InChI=1S/C13H12O4/c1-7(14)11(8(2)15)12-9-5-3-4-6-10(9)13(16)17-12/h3-6,11-12H,1-2H3. The van der Waals surface area contributed by atoms with Crippen LogP contribution in [0.5, 0.6) is 0 Å². The van der Waals surface area contributed by atoms with Gasteiger partial charge in [-0.1, -0.05) is 18.2 Å². The minimum atomic E-state index is -0.900. The Morgan fingerprint density at radius 1 is 1.18 bits per heavy atom. The van der Waals surface area contributed by atoms with Crippen LogP contribution in [-0.2, 0) is 14.3 Å². The Kier molecular flexibility index (Phi) is 2.79. The highest BCUT2D eigenvalue weighted by Gasteiger charge is 2.40. The van der Waals surface area contributed by atoms with Gasteiger partial charge in [-0.05, 0) is 19.9 Å². The van der Waals surface area contributed by atoms with Crippen LogP contribution in [-0.4, -0.2) is 17.5 Å². The van der Waals surface area contributed by atoms with E-state index in [9.17, 15) is 14.4 Å². The topological polar surface area (TPSA) is 60.4 Å². The molecule has 0 amide bonds. The van der Waals surface area contributed by atoms with Crippen molar-refractivity contribution in [1.29, 1.82) is 0 Å². The minimum Gasteiger partial charge on any atom is -0.453 e. The second kappa shape index (κ2) is 4.13. The van der Waals surface area contributed by atoms with Crippen LogP contribution >= 0.6 is 0 Å². The number of esters is 1. The van der Waals surface area contributed by atoms with E-state index in [1.165, 1.54) is 13.8 Å². The Balaban J connectivity index is 2.46. The van der Waals surface area contributed by atoms with E-state index in [1.807, 2.05) is 0 Å². The molecule has 1 aliphatic heterocycles. The van der Waals surface area contributed by atoms with Crippen LogP contribution in [0.15, 0.2) is 24.3 Å². The molecule has 0 bridgehead atoms. The zero-order valence-electron chi connectivity index (χ0n) is 9.60. The van der Waals surface area contributed by atoms with Gasteiger partial charge in [-0.15, -0.1) is 0 Å². The smallest absolute Gasteiger partial charge is 0.339 e. The molecule has 4 heteroatoms. The lowest BCUT2D eigenvalue weighted by atomic mass is 9.89. The van der Waals surface area contributed by atoms with Gasteiger partial charge in [0.2, 0.25) is 0 Å². The number of fused-ring (bicyclic) bond motifs is 1. The maximum absolute atomic E-state index is 11.6. The zero-order valence-corrected chi connectivity index (χ0v) is 9.60. The predicted molar refractivity (Wildman–Crippen MR) is 59.5 cm³/mol. The molecule has 0 saturated carbocycles. The number of hydrogen-bond acceptors (Lipinski definition) is 4. The van der Waals surface area contributed by atoms with E-state index in [1.54, 1.807) is 24.3 Å². The fraction of sp³-hybridized carbons (Fsp3) is 0.308. The fourth-order valence-electron chi connectivity index (χ4n) is 2.13. The van der Waals surface area contributed by atoms with Crippen molar-refractivity contribution >= 4 is 17.5 Å². The highest BCUT2D eigenvalue weighted by atomic mass is 16.5. The van der Waals surface area contributed by atoms with E-state index in [0.717, 1.165) is 0 Å². The molecule has 17 heavy (non-hydrogen) atoms. The molecule has 1 unspecified atom stereocenters. The average Bonchev–Trinajstić information content (AvgIpc) is 2.56. The molecule has 88 valence electrons. The highest BCUT2D eigenvalue weighted by Crippen LogP contribution is 2.36. The fourth-order valence-corrected chi connectivity index (χ4v) is 2.13. The number of hydrogen-bond donors (Lipinski definition) is 0. The van der Waals surface area contributed by atoms with E-state index < -0.39 is 18.0 Å². The number of benzene rings is 1. The van der Waals surface area contributed by atoms with Crippen LogP contribution in [0.1, 0.15) is 35.9 Å². The molecule has 0 saturated heterocycles. The van der Waals surface area contributed by atoms with Crippen LogP contribution < -0.4 is 0 Å². The van der Waals surface area contributed by atoms with Gasteiger partial charge in [-0.25, -0.2) is 4.79 Å². The lowest BCUT2D eigenvalue weighted by Crippen LogP contribution is -2.27. The van der Waals surface area contributed by atoms with Gasteiger partial charge in [0, 0.05) is 5.56 Å². The summed E-state index contributed by atoms with van der Waals surface area (Å²) in [6, 6.07) is 6.82. The van der Waals surface area contributed by atoms with Gasteiger partial charge in [0.25, 0.3) is 0 Å². The molecule has 0 aliphatic carbocycles. The molecule has 1 aliphatic rings. The first-order valence-corrected chi connectivity index (χ1v) is 5.33. The third kappa shape index (κ3) is 1.86. The predicted octanol–water partition coefficient (Wildman–Crippen LogP) is 1.69. The third-order valence-corrected chi connectivity index (χ3v) is 2.90.